The first-order chi connectivity index (χ1) is 20.1. The number of carbonyl (C=O) groups excluding carboxylic acids is 3. The van der Waals surface area contributed by atoms with Crippen molar-refractivity contribution in [2.24, 2.45) is 5.92 Å². The van der Waals surface area contributed by atoms with Gasteiger partial charge in [0.25, 0.3) is 11.4 Å². The molecule has 0 aliphatic heterocycles. The van der Waals surface area contributed by atoms with Gasteiger partial charge in [0.2, 0.25) is 11.8 Å². The quantitative estimate of drug-likeness (QED) is 0.0477. The lowest BCUT2D eigenvalue weighted by Crippen LogP contribution is -2.35. The van der Waals surface area contributed by atoms with Gasteiger partial charge in [-0.2, -0.15) is 0 Å². The zero-order chi connectivity index (χ0) is 31.2. The van der Waals surface area contributed by atoms with Crippen LogP contribution in [0.5, 0.6) is 0 Å². The number of nitrogens with one attached hydrogen (secondary N) is 4. The van der Waals surface area contributed by atoms with Crippen LogP contribution in [0.25, 0.3) is 0 Å². The highest BCUT2D eigenvalue weighted by Gasteiger charge is 2.19. The number of carbonyl (C=O) groups is 3. The van der Waals surface area contributed by atoms with Crippen LogP contribution in [0.4, 0.5) is 17.1 Å². The Morgan fingerprint density at radius 2 is 1.52 bits per heavy atom. The average Bonchev–Trinajstić information content (AvgIpc) is 2.96. The van der Waals surface area contributed by atoms with Gasteiger partial charge in [0.1, 0.15) is 12.2 Å². The Bertz CT molecular complexity index is 1020. The van der Waals surface area contributed by atoms with E-state index in [9.17, 15) is 34.6 Å². The lowest BCUT2D eigenvalue weighted by atomic mass is 10.0. The second kappa shape index (κ2) is 22.1. The van der Waals surface area contributed by atoms with E-state index in [-0.39, 0.29) is 41.8 Å². The Kier molecular flexibility index (Phi) is 19.2. The minimum absolute atomic E-state index is 0.173. The fourth-order valence-electron chi connectivity index (χ4n) is 3.26. The fourth-order valence-corrected chi connectivity index (χ4v) is 3.36. The molecule has 4 N–H and O–H groups in total. The molecule has 0 aliphatic rings. The molecule has 1 rings (SSSR count). The number of non-ortho nitro benzene ring substituents is 1. The second-order valence-corrected chi connectivity index (χ2v) is 8.94. The topological polar surface area (TPSA) is 223 Å². The maximum atomic E-state index is 11.9. The van der Waals surface area contributed by atoms with Crippen LogP contribution in [0.3, 0.4) is 0 Å². The first-order valence-corrected chi connectivity index (χ1v) is 13.6. The number of hydrogen-bond donors (Lipinski definition) is 5. The molecule has 17 nitrogen and oxygen atoms in total. The summed E-state index contributed by atoms with van der Waals surface area (Å²) in [6, 6.07) is 3.43. The molecule has 0 saturated carbocycles. The van der Waals surface area contributed by atoms with E-state index in [1.54, 1.807) is 6.92 Å². The van der Waals surface area contributed by atoms with E-state index in [1.165, 1.54) is 12.1 Å². The van der Waals surface area contributed by atoms with Crippen LogP contribution in [-0.4, -0.2) is 86.9 Å². The summed E-state index contributed by atoms with van der Waals surface area (Å²) in [5.74, 6) is -1.67. The predicted octanol–water partition coefficient (Wildman–Crippen LogP) is 1.29. The Morgan fingerprint density at radius 1 is 0.905 bits per heavy atom. The third-order valence-electron chi connectivity index (χ3n) is 5.52. The van der Waals surface area contributed by atoms with Crippen molar-refractivity contribution in [3.05, 3.63) is 38.4 Å². The molecule has 0 heterocycles. The van der Waals surface area contributed by atoms with Crippen LogP contribution in [-0.2, 0) is 33.4 Å². The summed E-state index contributed by atoms with van der Waals surface area (Å²) >= 11 is 3.51. The van der Waals surface area contributed by atoms with Crippen LogP contribution in [0, 0.1) is 26.1 Å². The van der Waals surface area contributed by atoms with Gasteiger partial charge < -0.3 is 35.0 Å². The zero-order valence-electron chi connectivity index (χ0n) is 23.3. The zero-order valence-corrected chi connectivity index (χ0v) is 24.2. The number of anilines is 1. The van der Waals surface area contributed by atoms with Crippen LogP contribution in [0.15, 0.2) is 18.2 Å². The van der Waals surface area contributed by atoms with Crippen molar-refractivity contribution in [2.75, 3.05) is 64.6 Å². The number of benzene rings is 1. The monoisotopic (exact) mass is 618 g/mol. The molecule has 42 heavy (non-hydrogen) atoms. The smallest absolute Gasteiger partial charge is 0.344 e. The number of ether oxygens (including phenoxy) is 3. The average molecular weight is 619 g/mol. The highest BCUT2D eigenvalue weighted by Crippen LogP contribution is 2.28. The van der Waals surface area contributed by atoms with E-state index in [1.807, 2.05) is 4.89 Å². The minimum atomic E-state index is -0.689. The van der Waals surface area contributed by atoms with Crippen molar-refractivity contribution in [1.29, 1.82) is 0 Å². The van der Waals surface area contributed by atoms with Crippen molar-refractivity contribution < 1.29 is 43.3 Å². The normalized spacial score (nSPS) is 11.4. The minimum Gasteiger partial charge on any atom is -0.379 e. The van der Waals surface area contributed by atoms with E-state index in [0.717, 1.165) is 6.07 Å². The molecule has 0 aromatic heterocycles. The van der Waals surface area contributed by atoms with Crippen molar-refractivity contribution in [2.45, 2.75) is 32.6 Å². The van der Waals surface area contributed by atoms with Gasteiger partial charge >= 0.3 is 5.97 Å². The van der Waals surface area contributed by atoms with Gasteiger partial charge in [0.15, 0.2) is 0 Å². The van der Waals surface area contributed by atoms with Crippen molar-refractivity contribution in [3.8, 4) is 0 Å². The number of nitro benzene ring substituents is 2. The SMILES string of the molecule is C[C@@H](CCC(=O)NCCCOCCOCCOCCCNc1ccc([N+](=O)[O-])cc1[N+](=O)[O-])C(=O)NCC(=O)ONS. The first kappa shape index (κ1) is 36.4. The molecule has 18 heteroatoms. The van der Waals surface area contributed by atoms with Gasteiger partial charge in [-0.05, 0) is 25.3 Å². The summed E-state index contributed by atoms with van der Waals surface area (Å²) in [5.41, 5.74) is -0.506. The summed E-state index contributed by atoms with van der Waals surface area (Å²) in [6.07, 6.45) is 1.68. The summed E-state index contributed by atoms with van der Waals surface area (Å²) in [6.45, 7) is 4.52. The van der Waals surface area contributed by atoms with Crippen LogP contribution < -0.4 is 20.8 Å². The van der Waals surface area contributed by atoms with Gasteiger partial charge in [-0.25, -0.2) is 4.79 Å². The largest absolute Gasteiger partial charge is 0.379 e. The van der Waals surface area contributed by atoms with E-state index in [4.69, 9.17) is 14.2 Å². The van der Waals surface area contributed by atoms with E-state index in [0.29, 0.717) is 72.0 Å². The van der Waals surface area contributed by atoms with Gasteiger partial charge in [0, 0.05) is 44.7 Å². The van der Waals surface area contributed by atoms with Gasteiger partial charge in [-0.3, -0.25) is 29.8 Å². The van der Waals surface area contributed by atoms with E-state index < -0.39 is 21.7 Å². The molecule has 0 bridgehead atoms. The van der Waals surface area contributed by atoms with Crippen LogP contribution >= 0.6 is 12.8 Å². The lowest BCUT2D eigenvalue weighted by Gasteiger charge is -2.12. The maximum Gasteiger partial charge on any atom is 0.344 e. The Balaban J connectivity index is 1.95. The molecule has 0 fully saturated rings. The molecule has 0 aliphatic carbocycles. The third kappa shape index (κ3) is 16.6. The highest BCUT2D eigenvalue weighted by atomic mass is 32.1. The molecular formula is C24H38N6O11S. The molecule has 0 spiro atoms. The summed E-state index contributed by atoms with van der Waals surface area (Å²) in [4.78, 5) is 61.8. The lowest BCUT2D eigenvalue weighted by molar-refractivity contribution is -0.393. The number of amides is 2. The molecule has 0 radical (unpaired) electrons. The van der Waals surface area contributed by atoms with E-state index in [2.05, 4.69) is 33.6 Å². The van der Waals surface area contributed by atoms with Crippen molar-refractivity contribution in [3.63, 3.8) is 0 Å². The number of hydrogen-bond acceptors (Lipinski definition) is 14. The second-order valence-electron chi connectivity index (χ2n) is 8.76. The van der Waals surface area contributed by atoms with Crippen LogP contribution in [0.2, 0.25) is 0 Å². The summed E-state index contributed by atoms with van der Waals surface area (Å²) in [5, 5.41) is 30.0. The molecule has 1 aromatic rings. The molecule has 0 unspecified atom stereocenters. The standard InChI is InChI=1S/C24H38N6O11S/c1-18(24(33)27-17-23(32)41-28-42)4-7-22(31)26-9-3-11-39-13-15-40-14-12-38-10-2-8-25-20-6-5-19(29(34)35)16-21(20)30(36)37/h5-6,16,18,25,28,42H,2-4,7-15,17H2,1H3,(H,26,31)(H,27,33)/t18-/m0/s1. The van der Waals surface area contributed by atoms with Gasteiger partial charge in [-0.15, -0.1) is 0 Å². The molecule has 1 aromatic carbocycles. The number of nitro groups is 2. The predicted molar refractivity (Wildman–Crippen MR) is 153 cm³/mol. The van der Waals surface area contributed by atoms with Crippen molar-refractivity contribution >= 4 is 47.7 Å². The van der Waals surface area contributed by atoms with Crippen molar-refractivity contribution in [1.82, 2.24) is 15.5 Å². The first-order valence-electron chi connectivity index (χ1n) is 13.2. The number of rotatable bonds is 24. The maximum absolute atomic E-state index is 11.9. The molecule has 236 valence electrons. The van der Waals surface area contributed by atoms with Gasteiger partial charge in [-0.1, -0.05) is 24.6 Å². The molecule has 2 amide bonds. The Labute approximate surface area is 248 Å². The summed E-state index contributed by atoms with van der Waals surface area (Å²) < 4.78 is 16.3. The molecular weight excluding hydrogens is 580 g/mol. The number of nitrogens with zero attached hydrogens (tertiary/aromatic N) is 2. The highest BCUT2D eigenvalue weighted by molar-refractivity contribution is 7.77. The summed E-state index contributed by atoms with van der Waals surface area (Å²) in [7, 11) is 0. The molecule has 0 saturated heterocycles. The Morgan fingerprint density at radius 3 is 2.12 bits per heavy atom. The number of thiol groups is 1. The van der Waals surface area contributed by atoms with Crippen LogP contribution in [0.1, 0.15) is 32.6 Å². The molecule has 1 atom stereocenters. The third-order valence-corrected chi connectivity index (χ3v) is 5.61. The van der Waals surface area contributed by atoms with Gasteiger partial charge in [0.05, 0.1) is 42.3 Å². The van der Waals surface area contributed by atoms with E-state index >= 15 is 0 Å². The fraction of sp³-hybridized carbons (Fsp3) is 0.625. The Hall–Kier alpha value is -3.58.